The second kappa shape index (κ2) is 10.9. The van der Waals surface area contributed by atoms with Gasteiger partial charge in [-0.05, 0) is 124 Å². The fourth-order valence-electron chi connectivity index (χ4n) is 7.78. The minimum atomic E-state index is -0.494. The van der Waals surface area contributed by atoms with Gasteiger partial charge < -0.3 is 4.74 Å². The lowest BCUT2D eigenvalue weighted by Gasteiger charge is -2.23. The summed E-state index contributed by atoms with van der Waals surface area (Å²) in [7, 11) is 0. The smallest absolute Gasteiger partial charge is 0.135 e. The molecule has 0 aromatic heterocycles. The standard InChI is InChI=1S/C50H30O/c1-3-9-31(10-4-1)37-27-38(29-39(28-37)41-22-19-35-18-17-33-13-7-14-34-20-23-44(41)49(35)48(33)34)36-21-25-46-45(30-36)43-16-8-15-42-40(32-11-5-2-6-12-32)24-26-47(51-46)50(42)43/h1-30H/i1D,2D,3D,4D,5D,6D,9D,10D,11D,12D,29D. The van der Waals surface area contributed by atoms with Gasteiger partial charge >= 0.3 is 0 Å². The molecule has 10 aromatic carbocycles. The molecule has 1 nitrogen and oxygen atoms in total. The van der Waals surface area contributed by atoms with Crippen molar-refractivity contribution in [2.75, 3.05) is 0 Å². The molecule has 1 aliphatic rings. The van der Waals surface area contributed by atoms with Crippen molar-refractivity contribution < 1.29 is 19.8 Å². The van der Waals surface area contributed by atoms with E-state index in [1.54, 1.807) is 24.3 Å². The van der Waals surface area contributed by atoms with Gasteiger partial charge in [0.2, 0.25) is 0 Å². The van der Waals surface area contributed by atoms with E-state index in [2.05, 4.69) is 36.4 Å². The third kappa shape index (κ3) is 4.35. The largest absolute Gasteiger partial charge is 0.456 e. The first-order valence-corrected chi connectivity index (χ1v) is 16.7. The molecule has 51 heavy (non-hydrogen) atoms. The lowest BCUT2D eigenvalue weighted by atomic mass is 9.87. The molecule has 0 radical (unpaired) electrons. The summed E-state index contributed by atoms with van der Waals surface area (Å²) in [6.07, 6.45) is 0. The van der Waals surface area contributed by atoms with Crippen molar-refractivity contribution in [3.8, 4) is 67.1 Å². The highest BCUT2D eigenvalue weighted by atomic mass is 16.5. The van der Waals surface area contributed by atoms with E-state index in [9.17, 15) is 1.37 Å². The minimum absolute atomic E-state index is 0.0244. The molecular weight excluding hydrogens is 617 g/mol. The zero-order chi connectivity index (χ0) is 43.0. The van der Waals surface area contributed by atoms with Crippen LogP contribution in [0.3, 0.4) is 0 Å². The molecule has 0 fully saturated rings. The Labute approximate surface area is 311 Å². The summed E-state index contributed by atoms with van der Waals surface area (Å²) >= 11 is 0. The molecule has 0 spiro atoms. The van der Waals surface area contributed by atoms with E-state index >= 15 is 0 Å². The van der Waals surface area contributed by atoms with Crippen molar-refractivity contribution in [2.45, 2.75) is 0 Å². The van der Waals surface area contributed by atoms with Crippen molar-refractivity contribution in [3.63, 3.8) is 0 Å². The van der Waals surface area contributed by atoms with Crippen LogP contribution in [0.15, 0.2) is 182 Å². The normalized spacial score (nSPS) is 15.1. The summed E-state index contributed by atoms with van der Waals surface area (Å²) in [5.74, 6) is 1.08. The second-order valence-electron chi connectivity index (χ2n) is 12.8. The van der Waals surface area contributed by atoms with Crippen LogP contribution in [-0.2, 0) is 0 Å². The van der Waals surface area contributed by atoms with Crippen LogP contribution in [0.2, 0.25) is 0 Å². The van der Waals surface area contributed by atoms with Crippen molar-refractivity contribution in [2.24, 2.45) is 0 Å². The van der Waals surface area contributed by atoms with Crippen LogP contribution in [0.25, 0.3) is 98.7 Å². The molecule has 0 saturated carbocycles. The Balaban J connectivity index is 1.17. The summed E-state index contributed by atoms with van der Waals surface area (Å²) in [5.41, 5.74) is 4.76. The molecule has 1 heterocycles. The Bertz CT molecular complexity index is 3560. The molecule has 236 valence electrons. The van der Waals surface area contributed by atoms with Crippen LogP contribution in [-0.4, -0.2) is 0 Å². The lowest BCUT2D eigenvalue weighted by Crippen LogP contribution is -1.98. The topological polar surface area (TPSA) is 9.23 Å². The average Bonchev–Trinajstić information content (AvgIpc) is 3.29. The van der Waals surface area contributed by atoms with E-state index < -0.39 is 36.3 Å². The predicted molar refractivity (Wildman–Crippen MR) is 215 cm³/mol. The van der Waals surface area contributed by atoms with E-state index in [4.69, 9.17) is 18.4 Å². The second-order valence-corrected chi connectivity index (χ2v) is 12.8. The Kier molecular flexibility index (Phi) is 4.16. The van der Waals surface area contributed by atoms with Gasteiger partial charge in [0, 0.05) is 10.9 Å². The maximum atomic E-state index is 9.92. The molecule has 0 bridgehead atoms. The maximum absolute atomic E-state index is 9.92. The first-order chi connectivity index (χ1) is 29.8. The van der Waals surface area contributed by atoms with Crippen molar-refractivity contribution in [1.82, 2.24) is 0 Å². The van der Waals surface area contributed by atoms with Crippen molar-refractivity contribution in [1.29, 1.82) is 0 Å². The molecule has 0 atom stereocenters. The van der Waals surface area contributed by atoms with Crippen LogP contribution < -0.4 is 4.74 Å². The van der Waals surface area contributed by atoms with Gasteiger partial charge in [0.25, 0.3) is 0 Å². The zero-order valence-corrected chi connectivity index (χ0v) is 26.9. The first-order valence-electron chi connectivity index (χ1n) is 22.2. The van der Waals surface area contributed by atoms with Crippen molar-refractivity contribution in [3.05, 3.63) is 182 Å². The van der Waals surface area contributed by atoms with Gasteiger partial charge in [0.1, 0.15) is 11.5 Å². The minimum Gasteiger partial charge on any atom is -0.456 e. The number of fused-ring (bicyclic) bond motifs is 2. The number of hydrogen-bond acceptors (Lipinski definition) is 1. The molecule has 0 saturated heterocycles. The quantitative estimate of drug-likeness (QED) is 0.171. The average molecular weight is 658 g/mol. The van der Waals surface area contributed by atoms with Crippen LogP contribution in [0, 0.1) is 0 Å². The Morgan fingerprint density at radius 2 is 0.980 bits per heavy atom. The van der Waals surface area contributed by atoms with Crippen LogP contribution in [0.4, 0.5) is 0 Å². The van der Waals surface area contributed by atoms with Gasteiger partial charge in [0.05, 0.1) is 15.1 Å². The van der Waals surface area contributed by atoms with Gasteiger partial charge in [-0.1, -0.05) is 145 Å². The number of benzene rings is 10. The molecule has 0 aliphatic carbocycles. The van der Waals surface area contributed by atoms with Crippen molar-refractivity contribution >= 4 is 43.1 Å². The van der Waals surface area contributed by atoms with E-state index in [0.29, 0.717) is 55.7 Å². The third-order valence-electron chi connectivity index (χ3n) is 10.0. The Morgan fingerprint density at radius 3 is 1.80 bits per heavy atom. The summed E-state index contributed by atoms with van der Waals surface area (Å²) in [5, 5.41) is 7.62. The van der Waals surface area contributed by atoms with E-state index in [0.717, 1.165) is 43.4 Å². The van der Waals surface area contributed by atoms with Gasteiger partial charge in [-0.25, -0.2) is 0 Å². The SMILES string of the molecule is [2H]c1c(-c2ccc3c(c2)-c2cccc4c(-c5c([2H])c([2H])c([2H])c([2H])c5[2H])ccc(c24)O3)cc(-c2c([2H])c([2H])c([2H])c([2H])c2[2H])cc1-c1ccc2ccc3cccc4ccc1c2c34. The van der Waals surface area contributed by atoms with Gasteiger partial charge in [0.15, 0.2) is 0 Å². The van der Waals surface area contributed by atoms with Crippen LogP contribution in [0.1, 0.15) is 15.1 Å². The number of rotatable bonds is 4. The van der Waals surface area contributed by atoms with E-state index in [1.165, 1.54) is 0 Å². The van der Waals surface area contributed by atoms with E-state index in [-0.39, 0.29) is 41.3 Å². The monoisotopic (exact) mass is 657 g/mol. The molecule has 1 heteroatoms. The fraction of sp³-hybridized carbons (Fsp3) is 0. The highest BCUT2D eigenvalue weighted by molar-refractivity contribution is 6.25. The Hall–Kier alpha value is -6.70. The van der Waals surface area contributed by atoms with Gasteiger partial charge in [-0.3, -0.25) is 0 Å². The molecule has 10 aromatic rings. The van der Waals surface area contributed by atoms with E-state index in [1.807, 2.05) is 54.6 Å². The van der Waals surface area contributed by atoms with Crippen LogP contribution in [0.5, 0.6) is 11.5 Å². The third-order valence-corrected chi connectivity index (χ3v) is 10.0. The zero-order valence-electron chi connectivity index (χ0n) is 37.9. The summed E-state index contributed by atoms with van der Waals surface area (Å²) in [6, 6.07) is 32.8. The van der Waals surface area contributed by atoms with Gasteiger partial charge in [-0.15, -0.1) is 0 Å². The molecule has 11 rings (SSSR count). The highest BCUT2D eigenvalue weighted by Gasteiger charge is 2.23. The maximum Gasteiger partial charge on any atom is 0.135 e. The molecule has 0 amide bonds. The number of ether oxygens (including phenoxy) is 1. The molecule has 0 N–H and O–H groups in total. The van der Waals surface area contributed by atoms with Gasteiger partial charge in [-0.2, -0.15) is 0 Å². The summed E-state index contributed by atoms with van der Waals surface area (Å²) in [4.78, 5) is 0. The lowest BCUT2D eigenvalue weighted by molar-refractivity contribution is 0.487. The molecular formula is C50H30O. The summed E-state index contributed by atoms with van der Waals surface area (Å²) in [6.45, 7) is 0. The fourth-order valence-corrected chi connectivity index (χ4v) is 7.78. The first kappa shape index (κ1) is 19.5. The Morgan fingerprint density at radius 1 is 0.353 bits per heavy atom. The summed E-state index contributed by atoms with van der Waals surface area (Å²) < 4.78 is 102. The number of hydrogen-bond donors (Lipinski definition) is 0. The predicted octanol–water partition coefficient (Wildman–Crippen LogP) is 14.2. The van der Waals surface area contributed by atoms with Crippen LogP contribution >= 0.6 is 0 Å². The highest BCUT2D eigenvalue weighted by Crippen LogP contribution is 2.50. The molecule has 1 aliphatic heterocycles. The molecule has 0 unspecified atom stereocenters.